The van der Waals surface area contributed by atoms with E-state index in [0.29, 0.717) is 19.0 Å². The number of ether oxygens (including phenoxy) is 2. The number of nitrogens with one attached hydrogen (secondary N) is 4. The van der Waals surface area contributed by atoms with Crippen LogP contribution in [-0.4, -0.2) is 106 Å². The van der Waals surface area contributed by atoms with Crippen LogP contribution in [0.3, 0.4) is 0 Å². The van der Waals surface area contributed by atoms with Crippen LogP contribution in [0.25, 0.3) is 11.3 Å². The van der Waals surface area contributed by atoms with E-state index in [9.17, 15) is 19.2 Å². The van der Waals surface area contributed by atoms with Crippen molar-refractivity contribution in [3.8, 4) is 11.3 Å². The number of piperidine rings is 1. The molecule has 3 fully saturated rings. The number of amides is 4. The summed E-state index contributed by atoms with van der Waals surface area (Å²) >= 11 is 0. The molecule has 2 aromatic heterocycles. The third kappa shape index (κ3) is 8.81. The molecule has 4 amide bonds. The summed E-state index contributed by atoms with van der Waals surface area (Å²) in [6.45, 7) is 14.6. The van der Waals surface area contributed by atoms with Crippen LogP contribution in [-0.2, 0) is 19.1 Å². The summed E-state index contributed by atoms with van der Waals surface area (Å²) in [5, 5.41) is 5.50. The molecule has 3 saturated heterocycles. The maximum Gasteiger partial charge on any atom is 0.407 e. The topological polar surface area (TPSA) is 178 Å². The van der Waals surface area contributed by atoms with Gasteiger partial charge < -0.3 is 44.8 Å². The number of imidazole rings is 2. The van der Waals surface area contributed by atoms with Crippen molar-refractivity contribution in [3.05, 3.63) is 54.0 Å². The summed E-state index contributed by atoms with van der Waals surface area (Å²) in [5.41, 5.74) is 3.16. The van der Waals surface area contributed by atoms with Gasteiger partial charge in [0.25, 0.3) is 0 Å². The quantitative estimate of drug-likeness (QED) is 0.202. The maximum absolute atomic E-state index is 13.8. The van der Waals surface area contributed by atoms with Gasteiger partial charge in [0.2, 0.25) is 11.8 Å². The van der Waals surface area contributed by atoms with Crippen LogP contribution in [0.1, 0.15) is 115 Å². The second-order valence-corrected chi connectivity index (χ2v) is 17.5. The first kappa shape index (κ1) is 40.6. The van der Waals surface area contributed by atoms with Crippen molar-refractivity contribution in [1.29, 1.82) is 0 Å². The van der Waals surface area contributed by atoms with Crippen LogP contribution in [0.2, 0.25) is 0 Å². The molecule has 6 rings (SSSR count). The van der Waals surface area contributed by atoms with E-state index in [1.54, 1.807) is 0 Å². The van der Waals surface area contributed by atoms with Crippen LogP contribution < -0.4 is 15.5 Å². The van der Waals surface area contributed by atoms with Crippen molar-refractivity contribution in [2.45, 2.75) is 110 Å². The van der Waals surface area contributed by atoms with E-state index < -0.39 is 35.1 Å². The first-order valence-corrected chi connectivity index (χ1v) is 19.8. The first-order valence-electron chi connectivity index (χ1n) is 19.8. The molecule has 0 radical (unpaired) electrons. The van der Waals surface area contributed by atoms with Gasteiger partial charge in [-0.2, -0.15) is 0 Å². The Morgan fingerprint density at radius 3 is 1.66 bits per heavy atom. The highest BCUT2D eigenvalue weighted by atomic mass is 16.5. The van der Waals surface area contributed by atoms with Gasteiger partial charge in [-0.3, -0.25) is 9.59 Å². The molecule has 4 N–H and O–H groups in total. The lowest BCUT2D eigenvalue weighted by Gasteiger charge is -2.35. The molecule has 0 saturated carbocycles. The summed E-state index contributed by atoms with van der Waals surface area (Å²) in [5.74, 6) is 1.61. The summed E-state index contributed by atoms with van der Waals surface area (Å²) in [7, 11) is 2.60. The molecule has 0 aliphatic carbocycles. The molecular weight excluding hydrogens is 715 g/mol. The molecule has 15 nitrogen and oxygen atoms in total. The molecule has 4 atom stereocenters. The monoisotopic (exact) mass is 773 g/mol. The van der Waals surface area contributed by atoms with Crippen molar-refractivity contribution in [2.24, 2.45) is 10.8 Å². The predicted octanol–water partition coefficient (Wildman–Crippen LogP) is 6.05. The van der Waals surface area contributed by atoms with Gasteiger partial charge in [-0.15, -0.1) is 0 Å². The molecule has 15 heteroatoms. The number of hydrogen-bond acceptors (Lipinski definition) is 9. The van der Waals surface area contributed by atoms with Gasteiger partial charge >= 0.3 is 12.2 Å². The highest BCUT2D eigenvalue weighted by molar-refractivity contribution is 5.87. The molecule has 3 aliphatic heterocycles. The van der Waals surface area contributed by atoms with E-state index in [2.05, 4.69) is 49.8 Å². The van der Waals surface area contributed by atoms with Crippen molar-refractivity contribution in [1.82, 2.24) is 40.4 Å². The van der Waals surface area contributed by atoms with Crippen LogP contribution in [0, 0.1) is 10.8 Å². The number of aromatic amines is 2. The minimum absolute atomic E-state index is 0.122. The third-order valence-corrected chi connectivity index (χ3v) is 11.5. The molecule has 56 heavy (non-hydrogen) atoms. The van der Waals surface area contributed by atoms with Crippen molar-refractivity contribution >= 4 is 29.7 Å². The highest BCUT2D eigenvalue weighted by Crippen LogP contribution is 2.37. The second kappa shape index (κ2) is 16.6. The fraction of sp³-hybridized carbons (Fsp3) is 0.610. The maximum atomic E-state index is 13.8. The SMILES string of the molecule is COC(=O)N[C@H](C(=O)N1CCC[C@H]1c1ncc(-c2ccc(N3CCC(c4cnc([C@@H]5CCCN5C(=O)[C@H](NC(=O)OC)C(C)(C)C)[nH]4)CC3)cc2)[nH]1)C(C)(C)C. The number of nitrogens with zero attached hydrogens (tertiary/aromatic N) is 5. The molecule has 0 bridgehead atoms. The van der Waals surface area contributed by atoms with E-state index in [-0.39, 0.29) is 23.9 Å². The average Bonchev–Trinajstić information content (AvgIpc) is 4.01. The Balaban J connectivity index is 1.05. The molecule has 3 aliphatic rings. The molecular formula is C41H59N9O6. The lowest BCUT2D eigenvalue weighted by Crippen LogP contribution is -2.54. The molecule has 5 heterocycles. The zero-order chi connectivity index (χ0) is 40.4. The Hall–Kier alpha value is -5.08. The van der Waals surface area contributed by atoms with E-state index in [4.69, 9.17) is 19.4 Å². The van der Waals surface area contributed by atoms with Gasteiger partial charge in [0.1, 0.15) is 23.7 Å². The number of aromatic nitrogens is 4. The molecule has 0 spiro atoms. The number of alkyl carbamates (subject to hydrolysis) is 2. The summed E-state index contributed by atoms with van der Waals surface area (Å²) in [6.07, 6.45) is 7.78. The zero-order valence-corrected chi connectivity index (χ0v) is 34.1. The number of methoxy groups -OCH3 is 2. The van der Waals surface area contributed by atoms with Crippen LogP contribution in [0.4, 0.5) is 15.3 Å². The largest absolute Gasteiger partial charge is 0.453 e. The van der Waals surface area contributed by atoms with E-state index >= 15 is 0 Å². The van der Waals surface area contributed by atoms with Gasteiger partial charge in [0.15, 0.2) is 0 Å². The Morgan fingerprint density at radius 1 is 0.696 bits per heavy atom. The van der Waals surface area contributed by atoms with Crippen LogP contribution in [0.15, 0.2) is 36.7 Å². The normalized spacial score (nSPS) is 20.5. The van der Waals surface area contributed by atoms with E-state index in [1.165, 1.54) is 14.2 Å². The average molecular weight is 774 g/mol. The fourth-order valence-corrected chi connectivity index (χ4v) is 8.29. The molecule has 304 valence electrons. The first-order chi connectivity index (χ1) is 26.6. The Labute approximate surface area is 329 Å². The number of H-pyrrole nitrogens is 2. The van der Waals surface area contributed by atoms with E-state index in [0.717, 1.165) is 85.9 Å². The number of carbonyl (C=O) groups is 4. The Morgan fingerprint density at radius 2 is 1.18 bits per heavy atom. The number of anilines is 1. The number of likely N-dealkylation sites (tertiary alicyclic amines) is 2. The number of rotatable bonds is 9. The number of hydrogen-bond donors (Lipinski definition) is 4. The van der Waals surface area contributed by atoms with Gasteiger partial charge in [-0.1, -0.05) is 53.7 Å². The standard InChI is InChI=1S/C41H59N9O6/c1-40(2,3)32(46-38(53)55-7)36(51)49-19-9-11-30(49)34-42-23-28(44-34)25-13-15-27(16-14-25)48-21-17-26(18-22-48)29-24-43-35(45-29)31-12-10-20-50(31)37(52)33(41(4,5)6)47-39(54)56-8/h13-16,23-24,26,30-33H,9-12,17-22H2,1-8H3,(H,42,44)(H,43,45)(H,46,53)(H,47,54)/t30-,31-,32+,33-/m0/s1. The van der Waals surface area contributed by atoms with Crippen molar-refractivity contribution in [3.63, 3.8) is 0 Å². The summed E-state index contributed by atoms with van der Waals surface area (Å²) in [6, 6.07) is 6.68. The van der Waals surface area contributed by atoms with Gasteiger partial charge in [0.05, 0.1) is 38.2 Å². The second-order valence-electron chi connectivity index (χ2n) is 17.5. The number of carbonyl (C=O) groups excluding carboxylic acids is 4. The minimum Gasteiger partial charge on any atom is -0.453 e. The molecule has 0 unspecified atom stereocenters. The minimum atomic E-state index is -0.731. The van der Waals surface area contributed by atoms with Gasteiger partial charge in [-0.25, -0.2) is 19.6 Å². The summed E-state index contributed by atoms with van der Waals surface area (Å²) in [4.78, 5) is 74.3. The van der Waals surface area contributed by atoms with Gasteiger partial charge in [-0.05, 0) is 67.1 Å². The molecule has 3 aromatic rings. The smallest absolute Gasteiger partial charge is 0.407 e. The Bertz CT molecular complexity index is 1850. The lowest BCUT2D eigenvalue weighted by atomic mass is 9.85. The zero-order valence-electron chi connectivity index (χ0n) is 34.1. The number of benzene rings is 1. The predicted molar refractivity (Wildman–Crippen MR) is 212 cm³/mol. The molecule has 1 aromatic carbocycles. The third-order valence-electron chi connectivity index (χ3n) is 11.5. The van der Waals surface area contributed by atoms with Gasteiger partial charge in [0, 0.05) is 49.7 Å². The van der Waals surface area contributed by atoms with Crippen LogP contribution in [0.5, 0.6) is 0 Å². The lowest BCUT2D eigenvalue weighted by molar-refractivity contribution is -0.137. The van der Waals surface area contributed by atoms with E-state index in [1.807, 2.05) is 63.7 Å². The summed E-state index contributed by atoms with van der Waals surface area (Å²) < 4.78 is 9.62. The van der Waals surface area contributed by atoms with Crippen molar-refractivity contribution in [2.75, 3.05) is 45.3 Å². The van der Waals surface area contributed by atoms with Crippen molar-refractivity contribution < 1.29 is 28.7 Å². The highest BCUT2D eigenvalue weighted by Gasteiger charge is 2.43. The Kier molecular flexibility index (Phi) is 12.0. The van der Waals surface area contributed by atoms with Crippen LogP contribution >= 0.6 is 0 Å². The fourth-order valence-electron chi connectivity index (χ4n) is 8.29.